The molecule has 0 radical (unpaired) electrons. The summed E-state index contributed by atoms with van der Waals surface area (Å²) in [6.45, 7) is 12.1. The van der Waals surface area contributed by atoms with Crippen LogP contribution in [0.3, 0.4) is 0 Å². The maximum absolute atomic E-state index is 11.2. The van der Waals surface area contributed by atoms with Crippen LogP contribution in [-0.2, 0) is 10.4 Å². The van der Waals surface area contributed by atoms with Crippen molar-refractivity contribution in [3.8, 4) is 11.5 Å². The highest BCUT2D eigenvalue weighted by Gasteiger charge is 2.43. The normalized spacial score (nSPS) is 25.2. The summed E-state index contributed by atoms with van der Waals surface area (Å²) < 4.78 is 42.3. The molecule has 10 rings (SSSR count). The number of aliphatic hydroxyl groups is 2. The number of fused-ring (bicyclic) bond motifs is 8. The van der Waals surface area contributed by atoms with Gasteiger partial charge in [-0.1, -0.05) is 12.2 Å². The van der Waals surface area contributed by atoms with Crippen LogP contribution in [-0.4, -0.2) is 138 Å². The van der Waals surface area contributed by atoms with E-state index in [2.05, 4.69) is 45.1 Å². The molecular formula is C40H64N4O15S. The Hall–Kier alpha value is -4.23. The van der Waals surface area contributed by atoms with Crippen LogP contribution < -0.4 is 9.47 Å². The van der Waals surface area contributed by atoms with Crippen LogP contribution in [0.15, 0.2) is 86.2 Å². The Morgan fingerprint density at radius 3 is 1.30 bits per heavy atom. The number of nitrogens with zero attached hydrogens (tertiary/aromatic N) is 4. The molecule has 4 bridgehead atoms. The lowest BCUT2D eigenvalue weighted by Gasteiger charge is -2.50. The predicted molar refractivity (Wildman–Crippen MR) is 230 cm³/mol. The zero-order chi connectivity index (χ0) is 37.9. The second kappa shape index (κ2) is 24.9. The van der Waals surface area contributed by atoms with Gasteiger partial charge in [0.15, 0.2) is 0 Å². The number of hydrogen-bond acceptors (Lipinski definition) is 10. The van der Waals surface area contributed by atoms with Crippen molar-refractivity contribution in [2.45, 2.75) is 50.0 Å². The molecule has 6 fully saturated rings. The largest absolute Gasteiger partial charge is 0.497 e. The minimum Gasteiger partial charge on any atom is -0.497 e. The van der Waals surface area contributed by atoms with Gasteiger partial charge in [0.25, 0.3) is 0 Å². The molecule has 19 nitrogen and oxygen atoms in total. The van der Waals surface area contributed by atoms with Crippen LogP contribution in [0.4, 0.5) is 0 Å². The SMILES string of the molecule is C=C[C@H]1C[N@]2CC[C@H]1C[C@H]2[C@H](O)c1ccnc2ccc(OC)cc12.C=C[C@H]1C[N@]2CC[C@H]1C[C@H]2[C@H](O)c1ccnc2ccc(OC)cc12.O.O.O.O.O.O.O.O=S(=O)(O)O. The second-order valence-corrected chi connectivity index (χ2v) is 15.3. The number of pyridine rings is 2. The molecule has 340 valence electrons. The lowest BCUT2D eigenvalue weighted by atomic mass is 9.73. The lowest BCUT2D eigenvalue weighted by Crippen LogP contribution is -2.54. The number of rotatable bonds is 8. The highest BCUT2D eigenvalue weighted by atomic mass is 32.3. The smallest absolute Gasteiger partial charge is 0.394 e. The van der Waals surface area contributed by atoms with Gasteiger partial charge in [0.2, 0.25) is 0 Å². The van der Waals surface area contributed by atoms with Crippen molar-refractivity contribution in [1.29, 1.82) is 0 Å². The molecule has 0 amide bonds. The van der Waals surface area contributed by atoms with Crippen molar-refractivity contribution in [3.63, 3.8) is 0 Å². The molecule has 6 aliphatic rings. The average molecular weight is 873 g/mol. The summed E-state index contributed by atoms with van der Waals surface area (Å²) in [5.74, 6) is 4.01. The summed E-state index contributed by atoms with van der Waals surface area (Å²) in [7, 11) is -1.34. The van der Waals surface area contributed by atoms with Crippen LogP contribution in [0.5, 0.6) is 11.5 Å². The van der Waals surface area contributed by atoms with Crippen molar-refractivity contribution in [3.05, 3.63) is 97.4 Å². The first-order valence-corrected chi connectivity index (χ1v) is 19.5. The van der Waals surface area contributed by atoms with Crippen molar-refractivity contribution < 1.29 is 75.5 Å². The second-order valence-electron chi connectivity index (χ2n) is 14.4. The van der Waals surface area contributed by atoms with Gasteiger partial charge in [0, 0.05) is 48.3 Å². The number of aromatic nitrogens is 2. The van der Waals surface area contributed by atoms with Gasteiger partial charge in [-0.15, -0.1) is 13.2 Å². The van der Waals surface area contributed by atoms with E-state index in [0.29, 0.717) is 23.7 Å². The molecule has 0 spiro atoms. The molecule has 6 saturated heterocycles. The van der Waals surface area contributed by atoms with Crippen LogP contribution in [0.1, 0.15) is 49.0 Å². The molecule has 8 heterocycles. The molecule has 0 aliphatic carbocycles. The molecule has 2 aromatic heterocycles. The van der Waals surface area contributed by atoms with E-state index in [1.165, 1.54) is 12.8 Å². The summed E-state index contributed by atoms with van der Waals surface area (Å²) in [4.78, 5) is 13.7. The van der Waals surface area contributed by atoms with Crippen LogP contribution in [0.25, 0.3) is 21.8 Å². The standard InChI is InChI=1S/2C20H24N2O2.H2O4S.7H2O/c2*1-3-13-12-22-9-7-14(13)10-19(22)20(23)16-6-8-21-18-5-4-15(24-2)11-17(16)18;1-5(2,3)4;;;;;;;/h2*3-6,8,11,13-14,19-20,23H,1,7,9-10,12H2,2H3;(H2,1,2,3,4);7*1H2/t2*13-,14-,19-,20+;;;;;;;;/m00......../s1. The Kier molecular flexibility index (Phi) is 24.0. The fourth-order valence-corrected chi connectivity index (χ4v) is 8.89. The maximum Gasteiger partial charge on any atom is 0.394 e. The van der Waals surface area contributed by atoms with Crippen LogP contribution in [0.2, 0.25) is 0 Å². The van der Waals surface area contributed by atoms with Gasteiger partial charge >= 0.3 is 10.4 Å². The molecule has 0 unspecified atom stereocenters. The number of benzene rings is 2. The Labute approximate surface area is 349 Å². The first kappa shape index (κ1) is 57.9. The van der Waals surface area contributed by atoms with Crippen molar-refractivity contribution in [2.75, 3.05) is 40.4 Å². The first-order valence-electron chi connectivity index (χ1n) is 18.1. The molecule has 10 atom stereocenters. The summed E-state index contributed by atoms with van der Waals surface area (Å²) in [5.41, 5.74) is 3.69. The molecule has 2 aromatic carbocycles. The van der Waals surface area contributed by atoms with Crippen molar-refractivity contribution in [2.24, 2.45) is 23.7 Å². The number of ether oxygens (including phenoxy) is 2. The van der Waals surface area contributed by atoms with Gasteiger partial charge in [0.1, 0.15) is 11.5 Å². The summed E-state index contributed by atoms with van der Waals surface area (Å²) >= 11 is 0. The predicted octanol–water partition coefficient (Wildman–Crippen LogP) is -0.0793. The summed E-state index contributed by atoms with van der Waals surface area (Å²) in [6.07, 6.45) is 11.2. The van der Waals surface area contributed by atoms with Crippen molar-refractivity contribution >= 4 is 32.2 Å². The molecule has 0 saturated carbocycles. The Balaban J connectivity index is 0. The fourth-order valence-electron chi connectivity index (χ4n) is 8.89. The molecule has 60 heavy (non-hydrogen) atoms. The van der Waals surface area contributed by atoms with E-state index >= 15 is 0 Å². The van der Waals surface area contributed by atoms with E-state index in [1.807, 2.05) is 48.5 Å². The number of piperidine rings is 6. The van der Waals surface area contributed by atoms with E-state index in [4.69, 9.17) is 27.0 Å². The maximum atomic E-state index is 11.2. The highest BCUT2D eigenvalue weighted by molar-refractivity contribution is 7.79. The number of methoxy groups -OCH3 is 2. The van der Waals surface area contributed by atoms with Crippen molar-refractivity contribution in [1.82, 2.24) is 19.8 Å². The van der Waals surface area contributed by atoms with Gasteiger partial charge in [-0.05, 0) is 122 Å². The van der Waals surface area contributed by atoms with E-state index in [-0.39, 0.29) is 50.4 Å². The third-order valence-electron chi connectivity index (χ3n) is 11.6. The van der Waals surface area contributed by atoms with Crippen LogP contribution >= 0.6 is 0 Å². The number of hydrogen-bond donors (Lipinski definition) is 4. The minimum absolute atomic E-state index is 0. The van der Waals surface area contributed by atoms with Gasteiger partial charge in [-0.3, -0.25) is 28.9 Å². The molecule has 20 heteroatoms. The summed E-state index contributed by atoms with van der Waals surface area (Å²) in [5, 5.41) is 24.3. The quantitative estimate of drug-likeness (QED) is 0.133. The van der Waals surface area contributed by atoms with Gasteiger partial charge in [-0.25, -0.2) is 0 Å². The Morgan fingerprint density at radius 2 is 1.02 bits per heavy atom. The summed E-state index contributed by atoms with van der Waals surface area (Å²) in [6, 6.07) is 15.9. The van der Waals surface area contributed by atoms with E-state index in [0.717, 1.165) is 83.5 Å². The first-order chi connectivity index (χ1) is 25.4. The third-order valence-corrected chi connectivity index (χ3v) is 11.6. The fraction of sp³-hybridized carbons (Fsp3) is 0.450. The minimum atomic E-state index is -4.67. The lowest BCUT2D eigenvalue weighted by molar-refractivity contribution is -0.0445. The highest BCUT2D eigenvalue weighted by Crippen LogP contribution is 2.43. The zero-order valence-corrected chi connectivity index (χ0v) is 34.6. The van der Waals surface area contributed by atoms with Crippen LogP contribution in [0, 0.1) is 23.7 Å². The average Bonchev–Trinajstić information content (AvgIpc) is 3.19. The van der Waals surface area contributed by atoms with E-state index in [1.54, 1.807) is 26.6 Å². The Morgan fingerprint density at radius 1 is 0.667 bits per heavy atom. The Bertz CT molecular complexity index is 1910. The third kappa shape index (κ3) is 12.9. The molecule has 18 N–H and O–H groups in total. The topological polar surface area (TPSA) is 386 Å². The van der Waals surface area contributed by atoms with Gasteiger partial charge in [0.05, 0.1) is 37.5 Å². The molecular weight excluding hydrogens is 809 g/mol. The molecule has 4 aromatic rings. The monoisotopic (exact) mass is 872 g/mol. The number of aliphatic hydroxyl groups excluding tert-OH is 2. The van der Waals surface area contributed by atoms with Gasteiger partial charge < -0.3 is 58.0 Å². The molecule has 6 aliphatic heterocycles. The zero-order valence-electron chi connectivity index (χ0n) is 33.7. The van der Waals surface area contributed by atoms with E-state index in [9.17, 15) is 10.2 Å². The van der Waals surface area contributed by atoms with Gasteiger partial charge in [-0.2, -0.15) is 8.42 Å². The van der Waals surface area contributed by atoms with E-state index < -0.39 is 22.6 Å².